The summed E-state index contributed by atoms with van der Waals surface area (Å²) in [6.45, 7) is 15.0. The van der Waals surface area contributed by atoms with E-state index in [4.69, 9.17) is 23.1 Å². The maximum Gasteiger partial charge on any atom is 0.187 e. The van der Waals surface area contributed by atoms with E-state index in [1.807, 2.05) is 78.9 Å². The van der Waals surface area contributed by atoms with Crippen LogP contribution in [-0.2, 0) is 0 Å². The molecule has 0 spiro atoms. The number of hydrogen-bond acceptors (Lipinski definition) is 5. The molecule has 0 amide bonds. The zero-order valence-electron chi connectivity index (χ0n) is 37.4. The summed E-state index contributed by atoms with van der Waals surface area (Å²) >= 11 is 0. The molecule has 0 N–H and O–H groups in total. The number of rotatable bonds is 9. The van der Waals surface area contributed by atoms with Crippen LogP contribution in [0, 0.1) is 35.8 Å². The lowest BCUT2D eigenvalue weighted by Gasteiger charge is -2.26. The Hall–Kier alpha value is -10.4. The Kier molecular flexibility index (Phi) is 10.9. The third-order valence-electron chi connectivity index (χ3n) is 12.6. The number of para-hydroxylation sites is 1. The van der Waals surface area contributed by atoms with Gasteiger partial charge in [-0.25, -0.2) is 19.7 Å². The van der Waals surface area contributed by atoms with Crippen LogP contribution in [0.15, 0.2) is 218 Å². The van der Waals surface area contributed by atoms with Crippen LogP contribution in [0.1, 0.15) is 11.1 Å². The third-order valence-corrected chi connectivity index (χ3v) is 12.6. The largest absolute Gasteiger partial charge is 0.311 e. The van der Waals surface area contributed by atoms with Crippen LogP contribution in [-0.4, -0.2) is 14.5 Å². The molecule has 70 heavy (non-hydrogen) atoms. The van der Waals surface area contributed by atoms with Gasteiger partial charge in [0, 0.05) is 50.2 Å². The fourth-order valence-corrected chi connectivity index (χ4v) is 8.95. The van der Waals surface area contributed by atoms with Crippen molar-refractivity contribution in [1.29, 1.82) is 10.5 Å². The van der Waals surface area contributed by atoms with Crippen LogP contribution in [0.2, 0.25) is 0 Å². The number of hydrogen-bond donors (Lipinski definition) is 0. The highest BCUT2D eigenvalue weighted by Crippen LogP contribution is 2.41. The Balaban J connectivity index is 0.871. The molecule has 0 saturated heterocycles. The highest BCUT2D eigenvalue weighted by molar-refractivity contribution is 6.10. The molecule has 0 atom stereocenters. The van der Waals surface area contributed by atoms with Gasteiger partial charge in [0.2, 0.25) is 0 Å². The maximum absolute atomic E-state index is 9.36. The Morgan fingerprint density at radius 2 is 0.814 bits per heavy atom. The van der Waals surface area contributed by atoms with E-state index in [2.05, 4.69) is 147 Å². The summed E-state index contributed by atoms with van der Waals surface area (Å²) in [5, 5.41) is 21.0. The van der Waals surface area contributed by atoms with Crippen molar-refractivity contribution in [1.82, 2.24) is 14.5 Å². The smallest absolute Gasteiger partial charge is 0.187 e. The van der Waals surface area contributed by atoms with Crippen LogP contribution in [0.5, 0.6) is 0 Å². The molecule has 0 radical (unpaired) electrons. The van der Waals surface area contributed by atoms with Gasteiger partial charge >= 0.3 is 0 Å². The fraction of sp³-hybridized carbons (Fsp3) is 0. The second-order valence-corrected chi connectivity index (χ2v) is 16.7. The average molecular weight is 893 g/mol. The van der Waals surface area contributed by atoms with Crippen molar-refractivity contribution in [2.75, 3.05) is 4.90 Å². The molecule has 11 rings (SSSR count). The van der Waals surface area contributed by atoms with Gasteiger partial charge in [0.1, 0.15) is 0 Å². The van der Waals surface area contributed by atoms with Crippen molar-refractivity contribution >= 4 is 50.2 Å². The topological polar surface area (TPSA) is 90.2 Å². The minimum absolute atomic E-state index is 0.546. The molecule has 8 nitrogen and oxygen atoms in total. The SMILES string of the molecule is [C-]#[N+]c1ccc(N(c2ccc([N+]#[C-])cc2)c2ccc3c(c2)c2ccccc2n3-c2ccc(-c3ccc(-c4ccc(-c5cc(-c6ccc(C#N)cc6)nc(-c6ccc(C#N)cc6)n5)cc4)cc3)cc2)cc1. The molecule has 9 aromatic carbocycles. The van der Waals surface area contributed by atoms with Crippen LogP contribution >= 0.6 is 0 Å². The summed E-state index contributed by atoms with van der Waals surface area (Å²) in [7, 11) is 0. The average Bonchev–Trinajstić information content (AvgIpc) is 3.77. The van der Waals surface area contributed by atoms with E-state index >= 15 is 0 Å². The molecule has 0 aliphatic heterocycles. The summed E-state index contributed by atoms with van der Waals surface area (Å²) in [6, 6.07) is 76.9. The minimum Gasteiger partial charge on any atom is -0.311 e. The lowest BCUT2D eigenvalue weighted by molar-refractivity contribution is 1.18. The van der Waals surface area contributed by atoms with Crippen LogP contribution in [0.4, 0.5) is 28.4 Å². The minimum atomic E-state index is 0.546. The molecule has 11 aromatic rings. The number of aromatic nitrogens is 3. The quantitative estimate of drug-likeness (QED) is 0.135. The van der Waals surface area contributed by atoms with E-state index in [0.717, 1.165) is 94.9 Å². The molecule has 324 valence electrons. The van der Waals surface area contributed by atoms with Gasteiger partial charge in [-0.2, -0.15) is 10.5 Å². The Morgan fingerprint density at radius 3 is 1.30 bits per heavy atom. The molecule has 0 unspecified atom stereocenters. The van der Waals surface area contributed by atoms with Gasteiger partial charge in [-0.3, -0.25) is 0 Å². The molecular weight excluding hydrogens is 857 g/mol. The third kappa shape index (κ3) is 8.04. The van der Waals surface area contributed by atoms with Crippen molar-refractivity contribution in [2.45, 2.75) is 0 Å². The molecule has 0 aliphatic rings. The molecule has 8 heteroatoms. The summed E-state index contributed by atoms with van der Waals surface area (Å²) < 4.78 is 2.31. The molecule has 0 fully saturated rings. The first-order chi connectivity index (χ1) is 34.5. The number of nitriles is 2. The van der Waals surface area contributed by atoms with Gasteiger partial charge in [-0.05, 0) is 125 Å². The van der Waals surface area contributed by atoms with Crippen molar-refractivity contribution in [3.63, 3.8) is 0 Å². The van der Waals surface area contributed by atoms with E-state index in [0.29, 0.717) is 28.3 Å². The van der Waals surface area contributed by atoms with Gasteiger partial charge in [0.05, 0.1) is 58.8 Å². The van der Waals surface area contributed by atoms with Crippen LogP contribution in [0.3, 0.4) is 0 Å². The zero-order chi connectivity index (χ0) is 47.6. The summed E-state index contributed by atoms with van der Waals surface area (Å²) in [6.07, 6.45) is 0. The second-order valence-electron chi connectivity index (χ2n) is 16.7. The lowest BCUT2D eigenvalue weighted by atomic mass is 9.98. The second kappa shape index (κ2) is 18.1. The fourth-order valence-electron chi connectivity index (χ4n) is 8.95. The molecular formula is C62H36N8. The first kappa shape index (κ1) is 42.3. The van der Waals surface area contributed by atoms with Crippen molar-refractivity contribution in [3.8, 4) is 74.0 Å². The van der Waals surface area contributed by atoms with Gasteiger partial charge in [-0.1, -0.05) is 115 Å². The summed E-state index contributed by atoms with van der Waals surface area (Å²) in [5.74, 6) is 0.546. The summed E-state index contributed by atoms with van der Waals surface area (Å²) in [5.41, 5.74) is 16.8. The molecule has 2 aromatic heterocycles. The molecule has 0 saturated carbocycles. The number of nitrogens with zero attached hydrogens (tertiary/aromatic N) is 8. The first-order valence-corrected chi connectivity index (χ1v) is 22.5. The van der Waals surface area contributed by atoms with Crippen LogP contribution in [0.25, 0.3) is 93.3 Å². The van der Waals surface area contributed by atoms with Gasteiger partial charge in [0.25, 0.3) is 0 Å². The van der Waals surface area contributed by atoms with Gasteiger partial charge in [-0.15, -0.1) is 0 Å². The van der Waals surface area contributed by atoms with Crippen LogP contribution < -0.4 is 4.90 Å². The van der Waals surface area contributed by atoms with Crippen molar-refractivity contribution in [2.24, 2.45) is 0 Å². The predicted molar refractivity (Wildman–Crippen MR) is 280 cm³/mol. The normalized spacial score (nSPS) is 10.8. The highest BCUT2D eigenvalue weighted by Gasteiger charge is 2.18. The monoisotopic (exact) mass is 892 g/mol. The molecule has 0 aliphatic carbocycles. The Morgan fingerprint density at radius 1 is 0.400 bits per heavy atom. The molecule has 2 heterocycles. The van der Waals surface area contributed by atoms with E-state index in [9.17, 15) is 10.5 Å². The van der Waals surface area contributed by atoms with Crippen molar-refractivity contribution in [3.05, 3.63) is 252 Å². The van der Waals surface area contributed by atoms with E-state index in [1.165, 1.54) is 0 Å². The number of benzene rings is 9. The van der Waals surface area contributed by atoms with Crippen molar-refractivity contribution < 1.29 is 0 Å². The van der Waals surface area contributed by atoms with Gasteiger partial charge in [0.15, 0.2) is 17.2 Å². The lowest BCUT2D eigenvalue weighted by Crippen LogP contribution is -2.09. The maximum atomic E-state index is 9.36. The Labute approximate surface area is 404 Å². The number of anilines is 3. The number of fused-ring (bicyclic) bond motifs is 3. The van der Waals surface area contributed by atoms with Gasteiger partial charge < -0.3 is 9.47 Å². The standard InChI is InChI=1S/C62H36N8/c1-65-50-25-31-52(32-26-50)69(53-33-27-51(66-2)28-34-53)55-35-36-61-57(37-55)56-5-3-4-6-60(56)70(61)54-29-23-46(24-30-54)44-17-15-43(16-18-44)45-19-21-48(22-20-45)59-38-58(47-11-7-41(39-63)8-12-47)67-62(68-59)49-13-9-42(40-64)10-14-49/h3-38H. The molecule has 0 bridgehead atoms. The Bertz CT molecular complexity index is 3790. The highest BCUT2D eigenvalue weighted by atomic mass is 15.1. The first-order valence-electron chi connectivity index (χ1n) is 22.5. The predicted octanol–water partition coefficient (Wildman–Crippen LogP) is 16.2. The van der Waals surface area contributed by atoms with E-state index in [-0.39, 0.29) is 0 Å². The summed E-state index contributed by atoms with van der Waals surface area (Å²) in [4.78, 5) is 19.2. The van der Waals surface area contributed by atoms with E-state index < -0.39 is 0 Å². The zero-order valence-corrected chi connectivity index (χ0v) is 37.4. The van der Waals surface area contributed by atoms with E-state index in [1.54, 1.807) is 24.3 Å².